The van der Waals surface area contributed by atoms with Crippen molar-refractivity contribution >= 4 is 11.3 Å². The number of hydrogen-bond acceptors (Lipinski definition) is 4. The number of alkyl halides is 1. The molecule has 0 saturated heterocycles. The van der Waals surface area contributed by atoms with E-state index in [1.54, 1.807) is 11.4 Å². The summed E-state index contributed by atoms with van der Waals surface area (Å²) >= 11 is 0. The summed E-state index contributed by atoms with van der Waals surface area (Å²) in [4.78, 5) is 4.73. The van der Waals surface area contributed by atoms with Crippen LogP contribution >= 0.6 is 0 Å². The van der Waals surface area contributed by atoms with Gasteiger partial charge in [0.2, 0.25) is 0 Å². The molecule has 1 aliphatic heterocycles. The van der Waals surface area contributed by atoms with Crippen LogP contribution in [0.5, 0.6) is 0 Å². The molecule has 4 rings (SSSR count). The molecule has 27 heavy (non-hydrogen) atoms. The van der Waals surface area contributed by atoms with Crippen LogP contribution in [-0.4, -0.2) is 39.9 Å². The monoisotopic (exact) mass is 365 g/mol. The average molecular weight is 365 g/mol. The van der Waals surface area contributed by atoms with Crippen molar-refractivity contribution in [1.82, 2.24) is 25.2 Å². The zero-order valence-electron chi connectivity index (χ0n) is 15.5. The molecule has 3 aromatic rings. The SMILES string of the molecule is C=C1NCC(C)(F)CNCCCc2cccc(c2)-c2cnn3ccc1nc23. The molecule has 1 atom stereocenters. The third-order valence-corrected chi connectivity index (χ3v) is 4.90. The largest absolute Gasteiger partial charge is 0.381 e. The first-order valence-corrected chi connectivity index (χ1v) is 9.28. The van der Waals surface area contributed by atoms with Crippen molar-refractivity contribution in [3.05, 3.63) is 60.6 Å². The van der Waals surface area contributed by atoms with Gasteiger partial charge in [-0.05, 0) is 43.5 Å². The van der Waals surface area contributed by atoms with E-state index in [1.165, 1.54) is 5.56 Å². The first-order chi connectivity index (χ1) is 13.0. The lowest BCUT2D eigenvalue weighted by Gasteiger charge is -2.23. The Morgan fingerprint density at radius 1 is 1.26 bits per heavy atom. The molecule has 0 amide bonds. The highest BCUT2D eigenvalue weighted by molar-refractivity contribution is 5.78. The molecule has 2 aromatic heterocycles. The van der Waals surface area contributed by atoms with Gasteiger partial charge in [0.1, 0.15) is 5.67 Å². The van der Waals surface area contributed by atoms with E-state index in [-0.39, 0.29) is 6.54 Å². The van der Waals surface area contributed by atoms with E-state index in [4.69, 9.17) is 4.98 Å². The van der Waals surface area contributed by atoms with Gasteiger partial charge >= 0.3 is 0 Å². The Kier molecular flexibility index (Phi) is 4.66. The highest BCUT2D eigenvalue weighted by atomic mass is 19.1. The zero-order chi connectivity index (χ0) is 18.9. The van der Waals surface area contributed by atoms with Crippen LogP contribution in [0.15, 0.2) is 49.3 Å². The second kappa shape index (κ2) is 7.12. The normalized spacial score (nSPS) is 21.3. The van der Waals surface area contributed by atoms with Crippen LogP contribution in [0.4, 0.5) is 4.39 Å². The van der Waals surface area contributed by atoms with E-state index in [0.717, 1.165) is 36.2 Å². The highest BCUT2D eigenvalue weighted by Crippen LogP contribution is 2.25. The molecule has 0 spiro atoms. The summed E-state index contributed by atoms with van der Waals surface area (Å²) in [5, 5.41) is 10.7. The van der Waals surface area contributed by atoms with Crippen molar-refractivity contribution in [2.24, 2.45) is 0 Å². The molecule has 140 valence electrons. The van der Waals surface area contributed by atoms with Gasteiger partial charge in [-0.1, -0.05) is 30.8 Å². The third-order valence-electron chi connectivity index (χ3n) is 4.90. The predicted octanol–water partition coefficient (Wildman–Crippen LogP) is 3.22. The molecule has 6 heteroatoms. The number of nitrogens with one attached hydrogen (secondary N) is 2. The summed E-state index contributed by atoms with van der Waals surface area (Å²) in [6, 6.07) is 10.3. The smallest absolute Gasteiger partial charge is 0.163 e. The van der Waals surface area contributed by atoms with Gasteiger partial charge in [-0.3, -0.25) is 0 Å². The van der Waals surface area contributed by atoms with E-state index in [1.807, 2.05) is 18.5 Å². The number of halogens is 1. The maximum Gasteiger partial charge on any atom is 0.163 e. The maximum absolute atomic E-state index is 14.7. The van der Waals surface area contributed by atoms with Crippen molar-refractivity contribution in [1.29, 1.82) is 0 Å². The fourth-order valence-electron chi connectivity index (χ4n) is 3.35. The summed E-state index contributed by atoms with van der Waals surface area (Å²) in [5.41, 5.74) is 4.03. The van der Waals surface area contributed by atoms with E-state index < -0.39 is 5.67 Å². The number of fused-ring (bicyclic) bond motifs is 4. The first-order valence-electron chi connectivity index (χ1n) is 9.28. The number of aryl methyl sites for hydroxylation is 1. The molecule has 5 nitrogen and oxygen atoms in total. The number of rotatable bonds is 0. The Balaban J connectivity index is 1.76. The molecule has 1 aliphatic rings. The molecule has 0 saturated carbocycles. The molecule has 1 aromatic carbocycles. The molecule has 1 unspecified atom stereocenters. The summed E-state index contributed by atoms with van der Waals surface area (Å²) < 4.78 is 16.5. The Hall–Kier alpha value is -2.73. The second-order valence-corrected chi connectivity index (χ2v) is 7.37. The van der Waals surface area contributed by atoms with Crippen molar-refractivity contribution in [2.75, 3.05) is 19.6 Å². The topological polar surface area (TPSA) is 54.2 Å². The van der Waals surface area contributed by atoms with Crippen molar-refractivity contribution < 1.29 is 4.39 Å². The standard InChI is InChI=1S/C21H24FN5/c1-15-19-8-10-27-20(26-19)18(12-25-27)17-7-3-5-16(11-17)6-4-9-23-13-21(2,22)14-24-15/h3,5,7-8,10-12,23-24H,1,4,6,9,13-14H2,2H3. The highest BCUT2D eigenvalue weighted by Gasteiger charge is 2.23. The van der Waals surface area contributed by atoms with Gasteiger partial charge in [0.05, 0.1) is 17.6 Å². The average Bonchev–Trinajstić information content (AvgIpc) is 3.08. The van der Waals surface area contributed by atoms with Gasteiger partial charge in [-0.15, -0.1) is 0 Å². The minimum absolute atomic E-state index is 0.177. The molecular formula is C21H24FN5. The summed E-state index contributed by atoms with van der Waals surface area (Å²) in [7, 11) is 0. The third kappa shape index (κ3) is 3.85. The number of hydrogen-bond donors (Lipinski definition) is 2. The second-order valence-electron chi connectivity index (χ2n) is 7.37. The van der Waals surface area contributed by atoms with Crippen LogP contribution in [-0.2, 0) is 6.42 Å². The first kappa shape index (κ1) is 17.7. The van der Waals surface area contributed by atoms with Crippen molar-refractivity contribution in [3.63, 3.8) is 0 Å². The van der Waals surface area contributed by atoms with Crippen LogP contribution in [0.3, 0.4) is 0 Å². The molecule has 4 bridgehead atoms. The minimum Gasteiger partial charge on any atom is -0.381 e. The van der Waals surface area contributed by atoms with Gasteiger partial charge in [0.15, 0.2) is 5.65 Å². The van der Waals surface area contributed by atoms with E-state index in [9.17, 15) is 4.39 Å². The maximum atomic E-state index is 14.7. The van der Waals surface area contributed by atoms with Crippen LogP contribution < -0.4 is 10.6 Å². The fraction of sp³-hybridized carbons (Fsp3) is 0.333. The Morgan fingerprint density at radius 2 is 2.15 bits per heavy atom. The van der Waals surface area contributed by atoms with Crippen molar-refractivity contribution in [2.45, 2.75) is 25.4 Å². The predicted molar refractivity (Wildman–Crippen MR) is 106 cm³/mol. The van der Waals surface area contributed by atoms with Crippen LogP contribution in [0.25, 0.3) is 22.5 Å². The van der Waals surface area contributed by atoms with Gasteiger partial charge < -0.3 is 10.6 Å². The summed E-state index contributed by atoms with van der Waals surface area (Å²) in [5.74, 6) is 0. The fourth-order valence-corrected chi connectivity index (χ4v) is 3.35. The lowest BCUT2D eigenvalue weighted by atomic mass is 10.0. The molecule has 0 aliphatic carbocycles. The number of aromatic nitrogens is 3. The lowest BCUT2D eigenvalue weighted by molar-refractivity contribution is 0.186. The molecule has 0 radical (unpaired) electrons. The quantitative estimate of drug-likeness (QED) is 0.642. The van der Waals surface area contributed by atoms with Crippen LogP contribution in [0.2, 0.25) is 0 Å². The van der Waals surface area contributed by atoms with Crippen LogP contribution in [0, 0.1) is 0 Å². The minimum atomic E-state index is -1.37. The molecular weight excluding hydrogens is 341 g/mol. The van der Waals surface area contributed by atoms with E-state index >= 15 is 0 Å². The summed E-state index contributed by atoms with van der Waals surface area (Å²) in [6.45, 7) is 6.89. The van der Waals surface area contributed by atoms with Gasteiger partial charge in [0.25, 0.3) is 0 Å². The van der Waals surface area contributed by atoms with Crippen LogP contribution in [0.1, 0.15) is 24.6 Å². The molecule has 3 heterocycles. The molecule has 0 fully saturated rings. The Bertz CT molecular complexity index is 976. The molecule has 2 N–H and O–H groups in total. The van der Waals surface area contributed by atoms with Gasteiger partial charge in [-0.25, -0.2) is 13.9 Å². The van der Waals surface area contributed by atoms with E-state index in [0.29, 0.717) is 17.9 Å². The Morgan fingerprint density at radius 3 is 3.04 bits per heavy atom. The zero-order valence-corrected chi connectivity index (χ0v) is 15.5. The Labute approximate surface area is 158 Å². The van der Waals surface area contributed by atoms with Gasteiger partial charge in [-0.2, -0.15) is 5.10 Å². The van der Waals surface area contributed by atoms with Gasteiger partial charge in [0, 0.05) is 24.8 Å². The van der Waals surface area contributed by atoms with E-state index in [2.05, 4.69) is 46.6 Å². The van der Waals surface area contributed by atoms with Crippen molar-refractivity contribution in [3.8, 4) is 11.1 Å². The number of benzene rings is 1. The number of nitrogens with zero attached hydrogens (tertiary/aromatic N) is 3. The summed E-state index contributed by atoms with van der Waals surface area (Å²) in [6.07, 6.45) is 5.59. The lowest BCUT2D eigenvalue weighted by Crippen LogP contribution is -2.42.